The molecule has 2 N–H and O–H groups in total. The lowest BCUT2D eigenvalue weighted by Gasteiger charge is -2.12. The lowest BCUT2D eigenvalue weighted by atomic mass is 10.2. The summed E-state index contributed by atoms with van der Waals surface area (Å²) < 4.78 is 27.9. The van der Waals surface area contributed by atoms with Crippen LogP contribution in [0.25, 0.3) is 0 Å². The standard InChI is InChI=1S/C20H16Cl2N2O3S/c21-17-12-18(22)19(28(26,27)23-13-14-7-3-1-4-8-14)11-16(17)20(25)24-15-9-5-2-6-10-15/h1-12,23H,13H2,(H,24,25). The molecule has 0 spiro atoms. The Bertz CT molecular complexity index is 1090. The molecule has 1 amide bonds. The molecule has 0 fully saturated rings. The maximum Gasteiger partial charge on any atom is 0.257 e. The van der Waals surface area contributed by atoms with Crippen molar-refractivity contribution in [3.8, 4) is 0 Å². The van der Waals surface area contributed by atoms with Gasteiger partial charge in [-0.2, -0.15) is 0 Å². The molecule has 3 aromatic rings. The molecule has 0 unspecified atom stereocenters. The molecule has 0 aliphatic rings. The van der Waals surface area contributed by atoms with E-state index in [0.717, 1.165) is 5.56 Å². The largest absolute Gasteiger partial charge is 0.322 e. The van der Waals surface area contributed by atoms with Crippen molar-refractivity contribution in [2.75, 3.05) is 5.32 Å². The molecule has 3 aromatic carbocycles. The van der Waals surface area contributed by atoms with Crippen LogP contribution in [0.15, 0.2) is 77.7 Å². The van der Waals surface area contributed by atoms with E-state index in [4.69, 9.17) is 23.2 Å². The number of nitrogens with one attached hydrogen (secondary N) is 2. The predicted molar refractivity (Wildman–Crippen MR) is 111 cm³/mol. The number of rotatable bonds is 6. The van der Waals surface area contributed by atoms with E-state index in [0.29, 0.717) is 5.69 Å². The number of sulfonamides is 1. The first-order valence-electron chi connectivity index (χ1n) is 8.26. The van der Waals surface area contributed by atoms with Crippen molar-refractivity contribution in [2.45, 2.75) is 11.4 Å². The van der Waals surface area contributed by atoms with Gasteiger partial charge in [0, 0.05) is 12.2 Å². The third-order valence-corrected chi connectivity index (χ3v) is 6.08. The van der Waals surface area contributed by atoms with Crippen LogP contribution in [0.4, 0.5) is 5.69 Å². The highest BCUT2D eigenvalue weighted by molar-refractivity contribution is 7.89. The summed E-state index contributed by atoms with van der Waals surface area (Å²) in [7, 11) is -3.96. The number of hydrogen-bond acceptors (Lipinski definition) is 3. The van der Waals surface area contributed by atoms with Gasteiger partial charge in [-0.25, -0.2) is 13.1 Å². The third kappa shape index (κ3) is 4.91. The second kappa shape index (κ2) is 8.75. The lowest BCUT2D eigenvalue weighted by molar-refractivity contribution is 0.102. The third-order valence-electron chi connectivity index (χ3n) is 3.90. The van der Waals surface area contributed by atoms with Crippen LogP contribution in [0.3, 0.4) is 0 Å². The molecule has 5 nitrogen and oxygen atoms in total. The van der Waals surface area contributed by atoms with E-state index >= 15 is 0 Å². The Morgan fingerprint density at radius 1 is 0.857 bits per heavy atom. The van der Waals surface area contributed by atoms with Gasteiger partial charge in [0.15, 0.2) is 0 Å². The number of anilines is 1. The van der Waals surface area contributed by atoms with Gasteiger partial charge < -0.3 is 5.32 Å². The van der Waals surface area contributed by atoms with Crippen molar-refractivity contribution < 1.29 is 13.2 Å². The molecule has 0 aromatic heterocycles. The van der Waals surface area contributed by atoms with Gasteiger partial charge in [-0.3, -0.25) is 4.79 Å². The summed E-state index contributed by atoms with van der Waals surface area (Å²) in [6.07, 6.45) is 0. The van der Waals surface area contributed by atoms with Crippen molar-refractivity contribution in [1.29, 1.82) is 0 Å². The van der Waals surface area contributed by atoms with Crippen LogP contribution < -0.4 is 10.0 Å². The molecule has 0 bridgehead atoms. The Kier molecular flexibility index (Phi) is 6.36. The fourth-order valence-electron chi connectivity index (χ4n) is 2.48. The van der Waals surface area contributed by atoms with Gasteiger partial charge >= 0.3 is 0 Å². The number of hydrogen-bond donors (Lipinski definition) is 2. The van der Waals surface area contributed by atoms with Crippen LogP contribution in [0.1, 0.15) is 15.9 Å². The molecule has 0 aliphatic carbocycles. The Balaban J connectivity index is 1.87. The number of carbonyl (C=O) groups is 1. The van der Waals surface area contributed by atoms with Crippen molar-refractivity contribution in [2.24, 2.45) is 0 Å². The van der Waals surface area contributed by atoms with Crippen LogP contribution in [0, 0.1) is 0 Å². The quantitative estimate of drug-likeness (QED) is 0.588. The average Bonchev–Trinajstić information content (AvgIpc) is 2.68. The summed E-state index contributed by atoms with van der Waals surface area (Å²) in [5.74, 6) is -0.535. The fraction of sp³-hybridized carbons (Fsp3) is 0.0500. The smallest absolute Gasteiger partial charge is 0.257 e. The molecule has 0 heterocycles. The molecule has 0 saturated carbocycles. The highest BCUT2D eigenvalue weighted by atomic mass is 35.5. The first kappa shape index (κ1) is 20.4. The maximum atomic E-state index is 12.7. The normalized spacial score (nSPS) is 11.2. The Labute approximate surface area is 173 Å². The molecule has 144 valence electrons. The maximum absolute atomic E-state index is 12.7. The molecule has 0 saturated heterocycles. The number of carbonyl (C=O) groups excluding carboxylic acids is 1. The van der Waals surface area contributed by atoms with Gasteiger partial charge in [-0.1, -0.05) is 71.7 Å². The molecular weight excluding hydrogens is 419 g/mol. The molecule has 3 rings (SSSR count). The topological polar surface area (TPSA) is 75.3 Å². The number of amides is 1. The lowest BCUT2D eigenvalue weighted by Crippen LogP contribution is -2.24. The van der Waals surface area contributed by atoms with E-state index in [-0.39, 0.29) is 27.0 Å². The van der Waals surface area contributed by atoms with Gasteiger partial charge in [-0.05, 0) is 29.8 Å². The van der Waals surface area contributed by atoms with E-state index in [1.165, 1.54) is 12.1 Å². The zero-order valence-corrected chi connectivity index (χ0v) is 16.9. The van der Waals surface area contributed by atoms with Gasteiger partial charge in [0.2, 0.25) is 10.0 Å². The van der Waals surface area contributed by atoms with Crippen LogP contribution in [0.5, 0.6) is 0 Å². The van der Waals surface area contributed by atoms with E-state index in [1.54, 1.807) is 36.4 Å². The minimum atomic E-state index is -3.96. The monoisotopic (exact) mass is 434 g/mol. The van der Waals surface area contributed by atoms with Crippen molar-refractivity contribution >= 4 is 44.8 Å². The van der Waals surface area contributed by atoms with Gasteiger partial charge in [0.1, 0.15) is 4.90 Å². The summed E-state index contributed by atoms with van der Waals surface area (Å²) in [6.45, 7) is 0.0909. The van der Waals surface area contributed by atoms with Gasteiger partial charge in [0.25, 0.3) is 5.91 Å². The Hall–Kier alpha value is -2.38. The summed E-state index contributed by atoms with van der Waals surface area (Å²) in [4.78, 5) is 12.3. The SMILES string of the molecule is O=C(Nc1ccccc1)c1cc(S(=O)(=O)NCc2ccccc2)c(Cl)cc1Cl. The molecule has 0 atom stereocenters. The molecule has 0 radical (unpaired) electrons. The number of halogens is 2. The zero-order chi connectivity index (χ0) is 20.1. The van der Waals surface area contributed by atoms with Crippen LogP contribution in [0.2, 0.25) is 10.0 Å². The van der Waals surface area contributed by atoms with Crippen molar-refractivity contribution in [1.82, 2.24) is 4.72 Å². The molecule has 28 heavy (non-hydrogen) atoms. The summed E-state index contributed by atoms with van der Waals surface area (Å²) in [5.41, 5.74) is 1.36. The highest BCUT2D eigenvalue weighted by Crippen LogP contribution is 2.29. The summed E-state index contributed by atoms with van der Waals surface area (Å²) in [6, 6.07) is 20.2. The molecule has 0 aliphatic heterocycles. The van der Waals surface area contributed by atoms with E-state index < -0.39 is 15.9 Å². The number of benzene rings is 3. The number of para-hydroxylation sites is 1. The van der Waals surface area contributed by atoms with E-state index in [9.17, 15) is 13.2 Å². The van der Waals surface area contributed by atoms with Gasteiger partial charge in [0.05, 0.1) is 15.6 Å². The first-order valence-corrected chi connectivity index (χ1v) is 10.5. The summed E-state index contributed by atoms with van der Waals surface area (Å²) in [5, 5.41) is 2.66. The van der Waals surface area contributed by atoms with Crippen molar-refractivity contribution in [3.63, 3.8) is 0 Å². The predicted octanol–water partition coefficient (Wildman–Crippen LogP) is 4.72. The fourth-order valence-corrected chi connectivity index (χ4v) is 4.36. The zero-order valence-electron chi connectivity index (χ0n) is 14.5. The first-order chi connectivity index (χ1) is 13.4. The summed E-state index contributed by atoms with van der Waals surface area (Å²) >= 11 is 12.2. The second-order valence-corrected chi connectivity index (χ2v) is 8.44. The Morgan fingerprint density at radius 2 is 1.46 bits per heavy atom. The molecule has 8 heteroatoms. The minimum absolute atomic E-state index is 0.00926. The Morgan fingerprint density at radius 3 is 2.11 bits per heavy atom. The van der Waals surface area contributed by atoms with E-state index in [1.807, 2.05) is 24.3 Å². The van der Waals surface area contributed by atoms with Crippen LogP contribution in [-0.4, -0.2) is 14.3 Å². The van der Waals surface area contributed by atoms with Crippen LogP contribution >= 0.6 is 23.2 Å². The molecular formula is C20H16Cl2N2O3S. The van der Waals surface area contributed by atoms with Crippen LogP contribution in [-0.2, 0) is 16.6 Å². The van der Waals surface area contributed by atoms with Gasteiger partial charge in [-0.15, -0.1) is 0 Å². The average molecular weight is 435 g/mol. The highest BCUT2D eigenvalue weighted by Gasteiger charge is 2.22. The van der Waals surface area contributed by atoms with Crippen molar-refractivity contribution in [3.05, 3.63) is 94.0 Å². The van der Waals surface area contributed by atoms with E-state index in [2.05, 4.69) is 10.0 Å². The second-order valence-electron chi connectivity index (χ2n) is 5.89. The minimum Gasteiger partial charge on any atom is -0.322 e.